The number of carbonyl (C=O) groups excluding carboxylic acids is 1. The topological polar surface area (TPSA) is 52.8 Å². The predicted molar refractivity (Wildman–Crippen MR) is 92.7 cm³/mol. The van der Waals surface area contributed by atoms with Crippen molar-refractivity contribution in [2.75, 3.05) is 6.61 Å². The lowest BCUT2D eigenvalue weighted by molar-refractivity contribution is -0.127. The van der Waals surface area contributed by atoms with E-state index in [1.54, 1.807) is 6.07 Å². The van der Waals surface area contributed by atoms with E-state index in [0.29, 0.717) is 21.3 Å². The summed E-state index contributed by atoms with van der Waals surface area (Å²) in [4.78, 5) is 17.3. The molecular weight excluding hydrogens is 348 g/mol. The van der Waals surface area contributed by atoms with Gasteiger partial charge in [-0.05, 0) is 30.3 Å². The van der Waals surface area contributed by atoms with Crippen molar-refractivity contribution < 1.29 is 14.3 Å². The summed E-state index contributed by atoms with van der Waals surface area (Å²) in [5, 5.41) is 0.655. The molecule has 7 heteroatoms. The molecule has 0 aliphatic carbocycles. The molecule has 2 aromatic carbocycles. The Morgan fingerprint density at radius 3 is 2.92 bits per heavy atom. The van der Waals surface area contributed by atoms with Crippen LogP contribution < -0.4 is 14.3 Å². The number of fused-ring (bicyclic) bond motifs is 2. The van der Waals surface area contributed by atoms with Crippen molar-refractivity contribution in [1.29, 1.82) is 0 Å². The summed E-state index contributed by atoms with van der Waals surface area (Å²) in [6.07, 6.45) is -0.742. The van der Waals surface area contributed by atoms with Crippen molar-refractivity contribution in [2.24, 2.45) is 12.0 Å². The fourth-order valence-corrected chi connectivity index (χ4v) is 3.82. The second-order valence-electron chi connectivity index (χ2n) is 5.37. The van der Waals surface area contributed by atoms with Gasteiger partial charge in [0.2, 0.25) is 6.10 Å². The van der Waals surface area contributed by atoms with Crippen LogP contribution in [0.5, 0.6) is 11.5 Å². The number of nitrogens with zero attached hydrogens (tertiary/aromatic N) is 2. The minimum atomic E-state index is -0.742. The summed E-state index contributed by atoms with van der Waals surface area (Å²) in [6.45, 7) is 0.153. The molecule has 5 nitrogen and oxygen atoms in total. The highest BCUT2D eigenvalue weighted by atomic mass is 35.5. The van der Waals surface area contributed by atoms with Crippen LogP contribution in [0.15, 0.2) is 47.5 Å². The van der Waals surface area contributed by atoms with Crippen molar-refractivity contribution in [2.45, 2.75) is 6.10 Å². The summed E-state index contributed by atoms with van der Waals surface area (Å²) in [5.74, 6) is 0.839. The van der Waals surface area contributed by atoms with E-state index in [9.17, 15) is 4.79 Å². The van der Waals surface area contributed by atoms with Crippen LogP contribution in [0.25, 0.3) is 10.2 Å². The first-order valence-electron chi connectivity index (χ1n) is 7.34. The molecule has 0 saturated heterocycles. The van der Waals surface area contributed by atoms with E-state index < -0.39 is 6.10 Å². The van der Waals surface area contributed by atoms with E-state index in [0.717, 1.165) is 10.2 Å². The number of thiazole rings is 1. The summed E-state index contributed by atoms with van der Waals surface area (Å²) in [5.41, 5.74) is 0.974. The van der Waals surface area contributed by atoms with Gasteiger partial charge in [-0.15, -0.1) is 0 Å². The average Bonchev–Trinajstić information content (AvgIpc) is 2.89. The molecule has 24 heavy (non-hydrogen) atoms. The number of carbonyl (C=O) groups is 1. The molecule has 1 aliphatic rings. The van der Waals surface area contributed by atoms with E-state index in [1.165, 1.54) is 11.3 Å². The first-order valence-corrected chi connectivity index (χ1v) is 8.53. The van der Waals surface area contributed by atoms with Crippen LogP contribution in [-0.2, 0) is 11.8 Å². The van der Waals surface area contributed by atoms with Gasteiger partial charge in [0.15, 0.2) is 16.3 Å². The highest BCUT2D eigenvalue weighted by Gasteiger charge is 2.27. The molecule has 0 fully saturated rings. The van der Waals surface area contributed by atoms with Gasteiger partial charge < -0.3 is 14.0 Å². The summed E-state index contributed by atoms with van der Waals surface area (Å²) >= 11 is 7.43. The number of hydrogen-bond donors (Lipinski definition) is 0. The van der Waals surface area contributed by atoms with Gasteiger partial charge in [-0.3, -0.25) is 4.79 Å². The maximum absolute atomic E-state index is 12.5. The lowest BCUT2D eigenvalue weighted by Crippen LogP contribution is -2.36. The molecule has 0 saturated carbocycles. The molecule has 122 valence electrons. The van der Waals surface area contributed by atoms with Gasteiger partial charge in [-0.25, -0.2) is 0 Å². The standard InChI is InChI=1S/C17H13ClN2O3S/c1-20-11-7-6-10(18)8-15(11)24-17(20)19-16(21)14-9-22-12-4-2-3-5-13(12)23-14/h2-8,14H,9H2,1H3/t14-/m1/s1. The fourth-order valence-electron chi connectivity index (χ4n) is 2.52. The number of para-hydroxylation sites is 2. The Hall–Kier alpha value is -2.31. The zero-order chi connectivity index (χ0) is 16.7. The Kier molecular flexibility index (Phi) is 3.78. The Labute approximate surface area is 146 Å². The maximum atomic E-state index is 12.5. The van der Waals surface area contributed by atoms with Crippen LogP contribution in [0.4, 0.5) is 0 Å². The van der Waals surface area contributed by atoms with Crippen LogP contribution in [0.3, 0.4) is 0 Å². The van der Waals surface area contributed by atoms with Gasteiger partial charge >= 0.3 is 0 Å². The van der Waals surface area contributed by atoms with E-state index in [4.69, 9.17) is 21.1 Å². The Bertz CT molecular complexity index is 1010. The summed E-state index contributed by atoms with van der Waals surface area (Å²) in [7, 11) is 1.87. The van der Waals surface area contributed by atoms with Crippen LogP contribution in [0, 0.1) is 0 Å². The number of amides is 1. The molecule has 0 spiro atoms. The van der Waals surface area contributed by atoms with E-state index in [-0.39, 0.29) is 12.5 Å². The molecule has 4 rings (SSSR count). The zero-order valence-electron chi connectivity index (χ0n) is 12.7. The number of rotatable bonds is 1. The highest BCUT2D eigenvalue weighted by Crippen LogP contribution is 2.31. The number of benzene rings is 2. The molecule has 3 aromatic rings. The van der Waals surface area contributed by atoms with Gasteiger partial charge in [0.1, 0.15) is 6.61 Å². The fraction of sp³-hybridized carbons (Fsp3) is 0.176. The quantitative estimate of drug-likeness (QED) is 0.669. The largest absolute Gasteiger partial charge is 0.485 e. The molecule has 0 bridgehead atoms. The first kappa shape index (κ1) is 15.2. The van der Waals surface area contributed by atoms with Gasteiger partial charge in [0, 0.05) is 12.1 Å². The minimum Gasteiger partial charge on any atom is -0.485 e. The van der Waals surface area contributed by atoms with E-state index in [2.05, 4.69) is 4.99 Å². The third-order valence-electron chi connectivity index (χ3n) is 3.76. The van der Waals surface area contributed by atoms with E-state index in [1.807, 2.05) is 48.0 Å². The molecule has 1 atom stereocenters. The number of hydrogen-bond acceptors (Lipinski definition) is 4. The molecule has 1 amide bonds. The molecule has 1 aromatic heterocycles. The normalized spacial score (nSPS) is 17.2. The van der Waals surface area contributed by atoms with E-state index >= 15 is 0 Å². The van der Waals surface area contributed by atoms with Gasteiger partial charge in [-0.2, -0.15) is 4.99 Å². The lowest BCUT2D eigenvalue weighted by atomic mass is 10.2. The van der Waals surface area contributed by atoms with Gasteiger partial charge in [0.25, 0.3) is 5.91 Å². The molecular formula is C17H13ClN2O3S. The Morgan fingerprint density at radius 2 is 2.08 bits per heavy atom. The molecule has 0 N–H and O–H groups in total. The van der Waals surface area contributed by atoms with Crippen molar-refractivity contribution in [3.05, 3.63) is 52.3 Å². The first-order chi connectivity index (χ1) is 11.6. The second kappa shape index (κ2) is 5.96. The smallest absolute Gasteiger partial charge is 0.292 e. The number of aromatic nitrogens is 1. The molecule has 2 heterocycles. The Morgan fingerprint density at radius 1 is 1.29 bits per heavy atom. The molecule has 0 radical (unpaired) electrons. The number of halogens is 1. The van der Waals surface area contributed by atoms with Crippen LogP contribution in [0.1, 0.15) is 0 Å². The van der Waals surface area contributed by atoms with Crippen LogP contribution >= 0.6 is 22.9 Å². The zero-order valence-corrected chi connectivity index (χ0v) is 14.3. The van der Waals surface area contributed by atoms with Crippen molar-refractivity contribution in [3.8, 4) is 11.5 Å². The predicted octanol–water partition coefficient (Wildman–Crippen LogP) is 3.16. The third-order valence-corrected chi connectivity index (χ3v) is 5.09. The monoisotopic (exact) mass is 360 g/mol. The number of aryl methyl sites for hydroxylation is 1. The minimum absolute atomic E-state index is 0.153. The molecule has 0 unspecified atom stereocenters. The van der Waals surface area contributed by atoms with Crippen molar-refractivity contribution >= 4 is 39.1 Å². The van der Waals surface area contributed by atoms with Gasteiger partial charge in [0.05, 0.1) is 10.2 Å². The maximum Gasteiger partial charge on any atom is 0.292 e. The number of ether oxygens (including phenoxy) is 2. The Balaban J connectivity index is 1.67. The second-order valence-corrected chi connectivity index (χ2v) is 6.82. The SMILES string of the molecule is Cn1c(=NC(=O)[C@H]2COc3ccccc3O2)sc2cc(Cl)ccc21. The summed E-state index contributed by atoms with van der Waals surface area (Å²) in [6, 6.07) is 12.9. The average molecular weight is 361 g/mol. The lowest BCUT2D eigenvalue weighted by Gasteiger charge is -2.23. The summed E-state index contributed by atoms with van der Waals surface area (Å²) < 4.78 is 14.1. The van der Waals surface area contributed by atoms with Crippen molar-refractivity contribution in [3.63, 3.8) is 0 Å². The van der Waals surface area contributed by atoms with Crippen LogP contribution in [0.2, 0.25) is 5.02 Å². The van der Waals surface area contributed by atoms with Crippen molar-refractivity contribution in [1.82, 2.24) is 4.57 Å². The van der Waals surface area contributed by atoms with Crippen LogP contribution in [-0.4, -0.2) is 23.2 Å². The molecule has 1 aliphatic heterocycles. The van der Waals surface area contributed by atoms with Gasteiger partial charge in [-0.1, -0.05) is 35.1 Å². The third kappa shape index (κ3) is 2.68. The highest BCUT2D eigenvalue weighted by molar-refractivity contribution is 7.16.